The number of aliphatic imine (C=N–C) groups is 3. The highest BCUT2D eigenvalue weighted by molar-refractivity contribution is 6.17. The van der Waals surface area contributed by atoms with Crippen LogP contribution in [0.3, 0.4) is 0 Å². The molecule has 1 fully saturated rings. The lowest BCUT2D eigenvalue weighted by molar-refractivity contribution is 0.0571. The van der Waals surface area contributed by atoms with E-state index in [1.54, 1.807) is 0 Å². The first-order valence-corrected chi connectivity index (χ1v) is 11.3. The van der Waals surface area contributed by atoms with Gasteiger partial charge in [0.1, 0.15) is 0 Å². The molecule has 0 aromatic rings. The van der Waals surface area contributed by atoms with Crippen LogP contribution in [0.5, 0.6) is 0 Å². The maximum Gasteiger partial charge on any atom is 0.254 e. The fraction of sp³-hybridized carbons (Fsp3) is 0.762. The molecule has 0 saturated carbocycles. The summed E-state index contributed by atoms with van der Waals surface area (Å²) in [6.45, 7) is 5.05. The molecule has 5 aliphatic rings. The summed E-state index contributed by atoms with van der Waals surface area (Å²) in [4.78, 5) is 17.4. The molecule has 4 heterocycles. The second-order valence-corrected chi connectivity index (χ2v) is 8.32. The van der Waals surface area contributed by atoms with Gasteiger partial charge in [0.05, 0.1) is 32.0 Å². The van der Waals surface area contributed by atoms with Gasteiger partial charge in [0.15, 0.2) is 5.84 Å². The summed E-state index contributed by atoms with van der Waals surface area (Å²) >= 11 is 0. The third-order valence-corrected chi connectivity index (χ3v) is 6.37. The Morgan fingerprint density at radius 2 is 1.46 bits per heavy atom. The number of fused-ring (bicyclic) bond motifs is 1. The van der Waals surface area contributed by atoms with Crippen molar-refractivity contribution in [3.63, 3.8) is 0 Å². The van der Waals surface area contributed by atoms with Crippen molar-refractivity contribution in [2.75, 3.05) is 39.4 Å². The number of morpholine rings is 1. The number of nitrogens with zero attached hydrogens (tertiary/aromatic N) is 6. The lowest BCUT2D eigenvalue weighted by atomic mass is 9.97. The SMILES string of the molecule is C1CCCCCC2=C(CCCC1)N=C1N=C(N3CCOCC3)N3CCN=C2N13. The highest BCUT2D eigenvalue weighted by atomic mass is 16.5. The summed E-state index contributed by atoms with van der Waals surface area (Å²) in [5.74, 6) is 2.98. The summed E-state index contributed by atoms with van der Waals surface area (Å²) in [5, 5.41) is 4.49. The van der Waals surface area contributed by atoms with Crippen LogP contribution in [0.4, 0.5) is 0 Å². The minimum atomic E-state index is 0.773. The van der Waals surface area contributed by atoms with Crippen LogP contribution in [0.2, 0.25) is 0 Å². The van der Waals surface area contributed by atoms with Gasteiger partial charge in [-0.05, 0) is 25.7 Å². The molecular weight excluding hydrogens is 352 g/mol. The van der Waals surface area contributed by atoms with E-state index in [-0.39, 0.29) is 0 Å². The highest BCUT2D eigenvalue weighted by Crippen LogP contribution is 2.33. The summed E-state index contributed by atoms with van der Waals surface area (Å²) in [6, 6.07) is 0. The standard InChI is InChI=1S/C21H32N6O/c1-2-4-6-8-10-18-17(9-7-5-3-1)19-22-11-12-26-21(24-20(23-18)27(19)26)25-13-15-28-16-14-25/h1-16H2. The Morgan fingerprint density at radius 3 is 2.25 bits per heavy atom. The van der Waals surface area contributed by atoms with Gasteiger partial charge in [-0.2, -0.15) is 10.0 Å². The van der Waals surface area contributed by atoms with Crippen molar-refractivity contribution in [3.05, 3.63) is 11.3 Å². The number of allylic oxidation sites excluding steroid dienone is 1. The molecular formula is C21H32N6O. The monoisotopic (exact) mass is 384 g/mol. The van der Waals surface area contributed by atoms with Crippen molar-refractivity contribution in [3.8, 4) is 0 Å². The first-order chi connectivity index (χ1) is 13.9. The molecule has 0 spiro atoms. The zero-order chi connectivity index (χ0) is 18.8. The minimum Gasteiger partial charge on any atom is -0.378 e. The Hall–Kier alpha value is -1.89. The molecule has 1 saturated heterocycles. The number of hydrazine groups is 1. The van der Waals surface area contributed by atoms with E-state index in [1.807, 2.05) is 0 Å². The van der Waals surface area contributed by atoms with Crippen LogP contribution in [0.1, 0.15) is 64.2 Å². The van der Waals surface area contributed by atoms with Gasteiger partial charge in [-0.25, -0.2) is 10.0 Å². The number of ether oxygens (including phenoxy) is 1. The van der Waals surface area contributed by atoms with Crippen molar-refractivity contribution in [2.45, 2.75) is 64.2 Å². The van der Waals surface area contributed by atoms with Crippen molar-refractivity contribution in [1.29, 1.82) is 0 Å². The van der Waals surface area contributed by atoms with Crippen LogP contribution in [0.25, 0.3) is 0 Å². The van der Waals surface area contributed by atoms with Crippen LogP contribution in [0.15, 0.2) is 26.2 Å². The molecule has 4 aliphatic heterocycles. The zero-order valence-electron chi connectivity index (χ0n) is 16.9. The Labute approximate surface area is 167 Å². The van der Waals surface area contributed by atoms with Gasteiger partial charge >= 0.3 is 0 Å². The molecule has 0 unspecified atom stereocenters. The average molecular weight is 385 g/mol. The first-order valence-electron chi connectivity index (χ1n) is 11.3. The van der Waals surface area contributed by atoms with E-state index >= 15 is 0 Å². The number of hydrogen-bond donors (Lipinski definition) is 0. The van der Waals surface area contributed by atoms with Crippen molar-refractivity contribution >= 4 is 17.8 Å². The van der Waals surface area contributed by atoms with Crippen LogP contribution in [-0.4, -0.2) is 72.1 Å². The molecule has 0 atom stereocenters. The van der Waals surface area contributed by atoms with E-state index < -0.39 is 0 Å². The molecule has 0 amide bonds. The van der Waals surface area contributed by atoms with E-state index in [0.29, 0.717) is 0 Å². The average Bonchev–Trinajstić information content (AvgIpc) is 3.10. The molecule has 7 heteroatoms. The van der Waals surface area contributed by atoms with Gasteiger partial charge in [0, 0.05) is 18.7 Å². The predicted octanol–water partition coefficient (Wildman–Crippen LogP) is 3.16. The van der Waals surface area contributed by atoms with Crippen LogP contribution >= 0.6 is 0 Å². The fourth-order valence-electron chi connectivity index (χ4n) is 4.85. The van der Waals surface area contributed by atoms with Crippen molar-refractivity contribution in [2.24, 2.45) is 15.0 Å². The first kappa shape index (κ1) is 18.2. The van der Waals surface area contributed by atoms with Crippen molar-refractivity contribution < 1.29 is 4.74 Å². The Balaban J connectivity index is 1.45. The van der Waals surface area contributed by atoms with Crippen LogP contribution in [0, 0.1) is 0 Å². The van der Waals surface area contributed by atoms with E-state index in [2.05, 4.69) is 14.9 Å². The lowest BCUT2D eigenvalue weighted by Crippen LogP contribution is -2.57. The van der Waals surface area contributed by atoms with Gasteiger partial charge in [-0.3, -0.25) is 4.99 Å². The third-order valence-electron chi connectivity index (χ3n) is 6.37. The van der Waals surface area contributed by atoms with Gasteiger partial charge in [0.25, 0.3) is 5.96 Å². The highest BCUT2D eigenvalue weighted by Gasteiger charge is 2.42. The van der Waals surface area contributed by atoms with Crippen LogP contribution in [-0.2, 0) is 4.74 Å². The maximum atomic E-state index is 5.54. The quantitative estimate of drug-likeness (QED) is 0.644. The fourth-order valence-corrected chi connectivity index (χ4v) is 4.85. The van der Waals surface area contributed by atoms with E-state index in [1.165, 1.54) is 62.6 Å². The topological polar surface area (TPSA) is 56.0 Å². The molecule has 0 radical (unpaired) electrons. The van der Waals surface area contributed by atoms with Gasteiger partial charge in [0.2, 0.25) is 5.96 Å². The molecule has 0 aromatic heterocycles. The normalized spacial score (nSPS) is 26.6. The second kappa shape index (κ2) is 8.23. The summed E-state index contributed by atoms with van der Waals surface area (Å²) in [6.07, 6.45) is 12.8. The number of rotatable bonds is 0. The van der Waals surface area contributed by atoms with E-state index in [4.69, 9.17) is 19.7 Å². The lowest BCUT2D eigenvalue weighted by Gasteiger charge is -2.40. The molecule has 0 aromatic carbocycles. The molecule has 5 rings (SSSR count). The maximum absolute atomic E-state index is 5.54. The molecule has 7 nitrogen and oxygen atoms in total. The summed E-state index contributed by atoms with van der Waals surface area (Å²) in [7, 11) is 0. The largest absolute Gasteiger partial charge is 0.378 e. The minimum absolute atomic E-state index is 0.773. The van der Waals surface area contributed by atoms with Gasteiger partial charge < -0.3 is 9.64 Å². The van der Waals surface area contributed by atoms with Gasteiger partial charge in [-0.1, -0.05) is 38.5 Å². The third kappa shape index (κ3) is 3.45. The molecule has 1 aliphatic carbocycles. The smallest absolute Gasteiger partial charge is 0.254 e. The molecule has 152 valence electrons. The molecule has 28 heavy (non-hydrogen) atoms. The van der Waals surface area contributed by atoms with E-state index in [0.717, 1.165) is 70.0 Å². The Bertz CT molecular complexity index is 718. The van der Waals surface area contributed by atoms with E-state index in [9.17, 15) is 0 Å². The van der Waals surface area contributed by atoms with Gasteiger partial charge in [-0.15, -0.1) is 0 Å². The molecule has 0 N–H and O–H groups in total. The predicted molar refractivity (Wildman–Crippen MR) is 111 cm³/mol. The van der Waals surface area contributed by atoms with Crippen molar-refractivity contribution in [1.82, 2.24) is 14.9 Å². The Morgan fingerprint density at radius 1 is 0.750 bits per heavy atom. The second-order valence-electron chi connectivity index (χ2n) is 8.32. The van der Waals surface area contributed by atoms with Crippen LogP contribution < -0.4 is 0 Å². The Kier molecular flexibility index (Phi) is 5.34. The number of amidine groups is 1. The zero-order valence-corrected chi connectivity index (χ0v) is 16.9. The summed E-state index contributed by atoms with van der Waals surface area (Å²) < 4.78 is 5.54. The number of guanidine groups is 2. The summed E-state index contributed by atoms with van der Waals surface area (Å²) in [5.41, 5.74) is 2.63. The molecule has 0 bridgehead atoms. The number of hydrogen-bond acceptors (Lipinski definition) is 7.